The molecule has 0 atom stereocenters. The summed E-state index contributed by atoms with van der Waals surface area (Å²) in [6.45, 7) is 0. The first-order valence-electron chi connectivity index (χ1n) is 8.12. The number of nitrogens with one attached hydrogen (secondary N) is 1. The first-order chi connectivity index (χ1) is 13.1. The van der Waals surface area contributed by atoms with Crippen molar-refractivity contribution in [1.82, 2.24) is 0 Å². The number of para-hydroxylation sites is 1. The van der Waals surface area contributed by atoms with Crippen LogP contribution in [-0.2, 0) is 0 Å². The second-order valence-electron chi connectivity index (χ2n) is 5.61. The maximum atomic E-state index is 12.5. The van der Waals surface area contributed by atoms with Gasteiger partial charge in [0.1, 0.15) is 17.2 Å². The first-order valence-corrected chi connectivity index (χ1v) is 8.12. The van der Waals surface area contributed by atoms with E-state index in [0.29, 0.717) is 22.8 Å². The number of ether oxygens (including phenoxy) is 2. The molecule has 0 radical (unpaired) electrons. The van der Waals surface area contributed by atoms with E-state index in [9.17, 15) is 14.7 Å². The van der Waals surface area contributed by atoms with Crippen molar-refractivity contribution in [2.75, 3.05) is 12.4 Å². The van der Waals surface area contributed by atoms with Gasteiger partial charge in [0, 0.05) is 11.6 Å². The number of carboxylic acids is 1. The van der Waals surface area contributed by atoms with E-state index in [4.69, 9.17) is 9.47 Å². The van der Waals surface area contributed by atoms with E-state index in [1.165, 1.54) is 19.2 Å². The number of amides is 1. The highest BCUT2D eigenvalue weighted by molar-refractivity contribution is 6.08. The molecule has 3 aromatic carbocycles. The number of rotatable bonds is 6. The standard InChI is InChI=1S/C21H17NO5/c1-26-15-9-7-14(8-10-15)20(23)22-19-13-17(11-12-18(19)21(24)25)27-16-5-3-2-4-6-16/h2-13H,1H3,(H,22,23)(H,24,25). The van der Waals surface area contributed by atoms with Gasteiger partial charge in [-0.3, -0.25) is 4.79 Å². The van der Waals surface area contributed by atoms with Crippen LogP contribution in [0.3, 0.4) is 0 Å². The van der Waals surface area contributed by atoms with Crippen LogP contribution < -0.4 is 14.8 Å². The fourth-order valence-electron chi connectivity index (χ4n) is 2.44. The Bertz CT molecular complexity index is 952. The number of benzene rings is 3. The molecule has 0 aliphatic carbocycles. The molecule has 0 heterocycles. The van der Waals surface area contributed by atoms with E-state index in [-0.39, 0.29) is 11.3 Å². The molecule has 6 heteroatoms. The van der Waals surface area contributed by atoms with Crippen molar-refractivity contribution >= 4 is 17.6 Å². The molecule has 2 N–H and O–H groups in total. The van der Waals surface area contributed by atoms with E-state index in [1.807, 2.05) is 18.2 Å². The van der Waals surface area contributed by atoms with Crippen LogP contribution in [0.4, 0.5) is 5.69 Å². The molecule has 0 fully saturated rings. The molecule has 0 aromatic heterocycles. The van der Waals surface area contributed by atoms with Gasteiger partial charge in [0.2, 0.25) is 0 Å². The van der Waals surface area contributed by atoms with Crippen molar-refractivity contribution in [3.05, 3.63) is 83.9 Å². The Hall–Kier alpha value is -3.80. The van der Waals surface area contributed by atoms with Gasteiger partial charge < -0.3 is 19.9 Å². The minimum absolute atomic E-state index is 0.0303. The monoisotopic (exact) mass is 363 g/mol. The van der Waals surface area contributed by atoms with Gasteiger partial charge in [-0.2, -0.15) is 0 Å². The quantitative estimate of drug-likeness (QED) is 0.676. The average molecular weight is 363 g/mol. The SMILES string of the molecule is COc1ccc(C(=O)Nc2cc(Oc3ccccc3)ccc2C(=O)O)cc1. The lowest BCUT2D eigenvalue weighted by atomic mass is 10.1. The first kappa shape index (κ1) is 18.0. The number of aromatic carboxylic acids is 1. The van der Waals surface area contributed by atoms with Crippen molar-refractivity contribution in [2.24, 2.45) is 0 Å². The molecule has 0 bridgehead atoms. The minimum Gasteiger partial charge on any atom is -0.497 e. The van der Waals surface area contributed by atoms with Crippen molar-refractivity contribution in [2.45, 2.75) is 0 Å². The van der Waals surface area contributed by atoms with E-state index < -0.39 is 11.9 Å². The van der Waals surface area contributed by atoms with Crippen LogP contribution in [0.15, 0.2) is 72.8 Å². The summed E-state index contributed by atoms with van der Waals surface area (Å²) in [5.74, 6) is 0.0589. The third-order valence-corrected chi connectivity index (χ3v) is 3.80. The fourth-order valence-corrected chi connectivity index (χ4v) is 2.44. The van der Waals surface area contributed by atoms with Crippen LogP contribution in [0, 0.1) is 0 Å². The lowest BCUT2D eigenvalue weighted by molar-refractivity contribution is 0.0698. The van der Waals surface area contributed by atoms with E-state index in [2.05, 4.69) is 5.32 Å². The molecule has 3 aromatic rings. The zero-order chi connectivity index (χ0) is 19.2. The third kappa shape index (κ3) is 4.43. The highest BCUT2D eigenvalue weighted by atomic mass is 16.5. The summed E-state index contributed by atoms with van der Waals surface area (Å²) in [4.78, 5) is 24.0. The highest BCUT2D eigenvalue weighted by Crippen LogP contribution is 2.27. The van der Waals surface area contributed by atoms with Crippen LogP contribution in [0.5, 0.6) is 17.2 Å². The van der Waals surface area contributed by atoms with Gasteiger partial charge in [-0.1, -0.05) is 18.2 Å². The van der Waals surface area contributed by atoms with Gasteiger partial charge in [-0.15, -0.1) is 0 Å². The molecule has 0 spiro atoms. The predicted octanol–water partition coefficient (Wildman–Crippen LogP) is 4.44. The van der Waals surface area contributed by atoms with Gasteiger partial charge >= 0.3 is 5.97 Å². The molecule has 0 aliphatic heterocycles. The zero-order valence-corrected chi connectivity index (χ0v) is 14.5. The van der Waals surface area contributed by atoms with Gasteiger partial charge in [0.25, 0.3) is 5.91 Å². The van der Waals surface area contributed by atoms with Crippen molar-refractivity contribution < 1.29 is 24.2 Å². The van der Waals surface area contributed by atoms with Crippen LogP contribution in [0.2, 0.25) is 0 Å². The Morgan fingerprint density at radius 1 is 0.852 bits per heavy atom. The summed E-state index contributed by atoms with van der Waals surface area (Å²) in [6, 6.07) is 20.0. The molecule has 0 saturated carbocycles. The summed E-state index contributed by atoms with van der Waals surface area (Å²) in [6.07, 6.45) is 0. The summed E-state index contributed by atoms with van der Waals surface area (Å²) in [5.41, 5.74) is 0.496. The Balaban J connectivity index is 1.86. The molecule has 136 valence electrons. The lowest BCUT2D eigenvalue weighted by Gasteiger charge is -2.12. The highest BCUT2D eigenvalue weighted by Gasteiger charge is 2.15. The van der Waals surface area contributed by atoms with Crippen LogP contribution in [-0.4, -0.2) is 24.1 Å². The normalized spacial score (nSPS) is 10.1. The van der Waals surface area contributed by atoms with Crippen molar-refractivity contribution in [3.8, 4) is 17.2 Å². The zero-order valence-electron chi connectivity index (χ0n) is 14.5. The number of carbonyl (C=O) groups is 2. The maximum absolute atomic E-state index is 12.5. The summed E-state index contributed by atoms with van der Waals surface area (Å²) < 4.78 is 10.8. The maximum Gasteiger partial charge on any atom is 0.337 e. The number of carboxylic acid groups (broad SMARTS) is 1. The molecule has 1 amide bonds. The van der Waals surface area contributed by atoms with E-state index in [1.54, 1.807) is 42.5 Å². The van der Waals surface area contributed by atoms with Gasteiger partial charge in [0.05, 0.1) is 18.4 Å². The number of hydrogen-bond donors (Lipinski definition) is 2. The molecule has 6 nitrogen and oxygen atoms in total. The van der Waals surface area contributed by atoms with Crippen LogP contribution >= 0.6 is 0 Å². The van der Waals surface area contributed by atoms with Gasteiger partial charge in [-0.25, -0.2) is 4.79 Å². The molecule has 3 rings (SSSR count). The van der Waals surface area contributed by atoms with E-state index in [0.717, 1.165) is 0 Å². The number of hydrogen-bond acceptors (Lipinski definition) is 4. The fraction of sp³-hybridized carbons (Fsp3) is 0.0476. The van der Waals surface area contributed by atoms with Gasteiger partial charge in [0.15, 0.2) is 0 Å². The second kappa shape index (κ2) is 8.05. The Labute approximate surface area is 156 Å². The van der Waals surface area contributed by atoms with Crippen LogP contribution in [0.1, 0.15) is 20.7 Å². The number of methoxy groups -OCH3 is 1. The molecular weight excluding hydrogens is 346 g/mol. The third-order valence-electron chi connectivity index (χ3n) is 3.80. The molecular formula is C21H17NO5. The Morgan fingerprint density at radius 2 is 1.52 bits per heavy atom. The van der Waals surface area contributed by atoms with E-state index >= 15 is 0 Å². The average Bonchev–Trinajstić information content (AvgIpc) is 2.69. The Kier molecular flexibility index (Phi) is 5.37. The minimum atomic E-state index is -1.15. The Morgan fingerprint density at radius 3 is 2.15 bits per heavy atom. The lowest BCUT2D eigenvalue weighted by Crippen LogP contribution is -2.14. The van der Waals surface area contributed by atoms with Crippen molar-refractivity contribution in [3.63, 3.8) is 0 Å². The van der Waals surface area contributed by atoms with Crippen LogP contribution in [0.25, 0.3) is 0 Å². The number of anilines is 1. The molecule has 0 aliphatic rings. The molecule has 27 heavy (non-hydrogen) atoms. The summed E-state index contributed by atoms with van der Waals surface area (Å²) >= 11 is 0. The molecule has 0 saturated heterocycles. The second-order valence-corrected chi connectivity index (χ2v) is 5.61. The number of carbonyl (C=O) groups excluding carboxylic acids is 1. The van der Waals surface area contributed by atoms with Gasteiger partial charge in [-0.05, 0) is 48.5 Å². The van der Waals surface area contributed by atoms with Crippen molar-refractivity contribution in [1.29, 1.82) is 0 Å². The smallest absolute Gasteiger partial charge is 0.337 e. The topological polar surface area (TPSA) is 84.9 Å². The predicted molar refractivity (Wildman–Crippen MR) is 101 cm³/mol. The summed E-state index contributed by atoms with van der Waals surface area (Å²) in [5, 5.41) is 12.0. The molecule has 0 unspecified atom stereocenters. The summed E-state index contributed by atoms with van der Waals surface area (Å²) in [7, 11) is 1.53. The largest absolute Gasteiger partial charge is 0.497 e.